The molecule has 0 spiro atoms. The number of rotatable bonds is 6. The van der Waals surface area contributed by atoms with Gasteiger partial charge in [-0.05, 0) is 31.8 Å². The second kappa shape index (κ2) is 7.69. The van der Waals surface area contributed by atoms with Crippen LogP contribution in [0.2, 0.25) is 0 Å². The maximum atomic E-state index is 11.8. The molecule has 0 aromatic heterocycles. The Morgan fingerprint density at radius 2 is 2.28 bits per heavy atom. The highest BCUT2D eigenvalue weighted by molar-refractivity contribution is 5.79. The van der Waals surface area contributed by atoms with Crippen LogP contribution < -0.4 is 0 Å². The summed E-state index contributed by atoms with van der Waals surface area (Å²) in [4.78, 5) is 24.1. The van der Waals surface area contributed by atoms with Gasteiger partial charge in [-0.3, -0.25) is 4.79 Å². The van der Waals surface area contributed by atoms with Crippen molar-refractivity contribution in [3.8, 4) is 0 Å². The Balaban J connectivity index is 2.45. The Labute approximate surface area is 108 Å². The van der Waals surface area contributed by atoms with Gasteiger partial charge in [0.15, 0.2) is 0 Å². The molecule has 1 atom stereocenters. The first-order chi connectivity index (χ1) is 8.72. The molecule has 0 unspecified atom stereocenters. The zero-order chi connectivity index (χ0) is 13.4. The summed E-state index contributed by atoms with van der Waals surface area (Å²) >= 11 is 0. The normalized spacial score (nSPS) is 20.4. The van der Waals surface area contributed by atoms with E-state index in [1.807, 2.05) is 25.2 Å². The van der Waals surface area contributed by atoms with Gasteiger partial charge in [-0.25, -0.2) is 4.79 Å². The molecule has 0 aromatic rings. The number of allylic oxidation sites excluding steroid dienone is 2. The van der Waals surface area contributed by atoms with Gasteiger partial charge in [-0.15, -0.1) is 0 Å². The lowest BCUT2D eigenvalue weighted by Gasteiger charge is -2.18. The number of hydrogen-bond donors (Lipinski definition) is 0. The Morgan fingerprint density at radius 3 is 2.89 bits per heavy atom. The van der Waals surface area contributed by atoms with Crippen molar-refractivity contribution in [1.82, 2.24) is 4.90 Å². The fourth-order valence-electron chi connectivity index (χ4n) is 1.92. The predicted molar refractivity (Wildman–Crippen MR) is 69.9 cm³/mol. The van der Waals surface area contributed by atoms with Crippen molar-refractivity contribution in [3.05, 3.63) is 23.8 Å². The number of hydrogen-bond acceptors (Lipinski definition) is 3. The third kappa shape index (κ3) is 4.02. The molecule has 4 heteroatoms. The van der Waals surface area contributed by atoms with Crippen LogP contribution in [0.25, 0.3) is 0 Å². The second-order valence-corrected chi connectivity index (χ2v) is 4.28. The molecule has 1 fully saturated rings. The Morgan fingerprint density at radius 1 is 1.50 bits per heavy atom. The van der Waals surface area contributed by atoms with Crippen molar-refractivity contribution in [2.75, 3.05) is 13.2 Å². The summed E-state index contributed by atoms with van der Waals surface area (Å²) < 4.78 is 5.25. The van der Waals surface area contributed by atoms with Crippen LogP contribution >= 0.6 is 0 Å². The zero-order valence-corrected chi connectivity index (χ0v) is 11.1. The lowest BCUT2D eigenvalue weighted by atomic mass is 10.2. The molecule has 1 aliphatic heterocycles. The third-order valence-corrected chi connectivity index (χ3v) is 3.02. The van der Waals surface area contributed by atoms with E-state index >= 15 is 0 Å². The first-order valence-corrected chi connectivity index (χ1v) is 6.42. The fraction of sp³-hybridized carbons (Fsp3) is 0.571. The molecule has 100 valence electrons. The summed E-state index contributed by atoms with van der Waals surface area (Å²) in [6.45, 7) is 4.89. The summed E-state index contributed by atoms with van der Waals surface area (Å²) in [7, 11) is 0. The van der Waals surface area contributed by atoms with Crippen LogP contribution in [-0.4, -0.2) is 36.5 Å². The van der Waals surface area contributed by atoms with Gasteiger partial charge in [0.2, 0.25) is 6.41 Å². The van der Waals surface area contributed by atoms with Crippen molar-refractivity contribution in [2.24, 2.45) is 0 Å². The number of ether oxygens (including phenoxy) is 1. The largest absolute Gasteiger partial charge is 0.459 e. The van der Waals surface area contributed by atoms with E-state index in [4.69, 9.17) is 4.74 Å². The molecule has 0 N–H and O–H groups in total. The number of amides is 1. The molecule has 0 radical (unpaired) electrons. The number of carbonyl (C=O) groups excluding carboxylic acids is 2. The standard InChI is InChI=1S/C14H21NO3/c1-3-5-7-12(4-2)10-18-14(17)13-8-6-9-15(13)11-16/h4-5,7,11,13H,3,6,8-10H2,1-2H3/b7-5-,12-4+/t13-/m0/s1. The van der Waals surface area contributed by atoms with Gasteiger partial charge < -0.3 is 9.64 Å². The topological polar surface area (TPSA) is 46.6 Å². The number of esters is 1. The van der Waals surface area contributed by atoms with Gasteiger partial charge in [0, 0.05) is 6.54 Å². The molecular weight excluding hydrogens is 230 g/mol. The first-order valence-electron chi connectivity index (χ1n) is 6.42. The summed E-state index contributed by atoms with van der Waals surface area (Å²) in [6, 6.07) is -0.393. The molecule has 0 bridgehead atoms. The smallest absolute Gasteiger partial charge is 0.329 e. The van der Waals surface area contributed by atoms with Crippen LogP contribution in [-0.2, 0) is 14.3 Å². The van der Waals surface area contributed by atoms with E-state index in [0.717, 1.165) is 24.8 Å². The van der Waals surface area contributed by atoms with Crippen LogP contribution in [0.3, 0.4) is 0 Å². The second-order valence-electron chi connectivity index (χ2n) is 4.28. The predicted octanol–water partition coefficient (Wildman–Crippen LogP) is 2.06. The van der Waals surface area contributed by atoms with Crippen molar-refractivity contribution >= 4 is 12.4 Å². The van der Waals surface area contributed by atoms with Gasteiger partial charge in [0.25, 0.3) is 0 Å². The minimum Gasteiger partial charge on any atom is -0.459 e. The molecule has 1 rings (SSSR count). The Hall–Kier alpha value is -1.58. The van der Waals surface area contributed by atoms with Crippen molar-refractivity contribution < 1.29 is 14.3 Å². The van der Waals surface area contributed by atoms with E-state index in [0.29, 0.717) is 13.0 Å². The zero-order valence-electron chi connectivity index (χ0n) is 11.1. The average Bonchev–Trinajstić information content (AvgIpc) is 2.87. The molecule has 0 aromatic carbocycles. The molecule has 0 saturated carbocycles. The van der Waals surface area contributed by atoms with Crippen LogP contribution in [0.4, 0.5) is 0 Å². The van der Waals surface area contributed by atoms with Crippen LogP contribution in [0.1, 0.15) is 33.1 Å². The molecule has 1 aliphatic rings. The molecule has 0 aliphatic carbocycles. The molecule has 4 nitrogen and oxygen atoms in total. The minimum absolute atomic E-state index is 0.273. The SMILES string of the molecule is C/C=C(\C=C/CC)COC(=O)[C@@H]1CCCN1C=O. The fourth-order valence-corrected chi connectivity index (χ4v) is 1.92. The van der Waals surface area contributed by atoms with Gasteiger partial charge in [0.1, 0.15) is 12.6 Å². The Kier molecular flexibility index (Phi) is 6.19. The van der Waals surface area contributed by atoms with Gasteiger partial charge in [-0.2, -0.15) is 0 Å². The maximum absolute atomic E-state index is 11.8. The maximum Gasteiger partial charge on any atom is 0.329 e. The van der Waals surface area contributed by atoms with Crippen molar-refractivity contribution in [2.45, 2.75) is 39.2 Å². The molecule has 18 heavy (non-hydrogen) atoms. The highest BCUT2D eigenvalue weighted by Crippen LogP contribution is 2.16. The van der Waals surface area contributed by atoms with Crippen LogP contribution in [0.15, 0.2) is 23.8 Å². The number of likely N-dealkylation sites (tertiary alicyclic amines) is 1. The van der Waals surface area contributed by atoms with E-state index in [-0.39, 0.29) is 12.6 Å². The lowest BCUT2D eigenvalue weighted by molar-refractivity contribution is -0.149. The van der Waals surface area contributed by atoms with E-state index in [9.17, 15) is 9.59 Å². The van der Waals surface area contributed by atoms with E-state index in [2.05, 4.69) is 6.92 Å². The molecule has 1 amide bonds. The minimum atomic E-state index is -0.393. The van der Waals surface area contributed by atoms with Gasteiger partial charge in [0.05, 0.1) is 0 Å². The van der Waals surface area contributed by atoms with Crippen molar-refractivity contribution in [3.63, 3.8) is 0 Å². The van der Waals surface area contributed by atoms with Gasteiger partial charge >= 0.3 is 5.97 Å². The quantitative estimate of drug-likeness (QED) is 0.412. The van der Waals surface area contributed by atoms with Crippen molar-refractivity contribution in [1.29, 1.82) is 0 Å². The highest BCUT2D eigenvalue weighted by atomic mass is 16.5. The molecular formula is C14H21NO3. The molecule has 1 saturated heterocycles. The van der Waals surface area contributed by atoms with Gasteiger partial charge in [-0.1, -0.05) is 25.2 Å². The number of carbonyl (C=O) groups is 2. The monoisotopic (exact) mass is 251 g/mol. The van der Waals surface area contributed by atoms with Crippen LogP contribution in [0.5, 0.6) is 0 Å². The first kappa shape index (κ1) is 14.5. The molecule has 1 heterocycles. The van der Waals surface area contributed by atoms with E-state index in [1.54, 1.807) is 0 Å². The van der Waals surface area contributed by atoms with E-state index in [1.165, 1.54) is 4.90 Å². The highest BCUT2D eigenvalue weighted by Gasteiger charge is 2.30. The number of nitrogens with zero attached hydrogens (tertiary/aromatic N) is 1. The summed E-state index contributed by atoms with van der Waals surface area (Å²) in [6.07, 6.45) is 9.15. The Bertz CT molecular complexity index is 347. The summed E-state index contributed by atoms with van der Waals surface area (Å²) in [5.74, 6) is -0.302. The lowest BCUT2D eigenvalue weighted by Crippen LogP contribution is -2.36. The summed E-state index contributed by atoms with van der Waals surface area (Å²) in [5, 5.41) is 0. The van der Waals surface area contributed by atoms with Crippen LogP contribution in [0, 0.1) is 0 Å². The van der Waals surface area contributed by atoms with E-state index < -0.39 is 6.04 Å². The summed E-state index contributed by atoms with van der Waals surface area (Å²) in [5.41, 5.74) is 0.973. The third-order valence-electron chi connectivity index (χ3n) is 3.02. The average molecular weight is 251 g/mol.